The Bertz CT molecular complexity index is 519. The van der Waals surface area contributed by atoms with Gasteiger partial charge in [-0.25, -0.2) is 4.98 Å². The minimum atomic E-state index is 0.771. The smallest absolute Gasteiger partial charge is 0.147 e. The standard InChI is InChI=1S/C14H22N6/c1-4-5-15-7-13-8-17-14(9-16-13)19(2)10-12-6-18-20(3)11-12/h6,8-9,11,15H,4-5,7,10H2,1-3H3. The molecule has 0 aliphatic rings. The van der Waals surface area contributed by atoms with Crippen LogP contribution in [0.1, 0.15) is 24.6 Å². The molecule has 0 radical (unpaired) electrons. The quantitative estimate of drug-likeness (QED) is 0.772. The number of rotatable bonds is 7. The van der Waals surface area contributed by atoms with Gasteiger partial charge in [-0.1, -0.05) is 6.92 Å². The third-order valence-electron chi connectivity index (χ3n) is 2.99. The number of aromatic nitrogens is 4. The van der Waals surface area contributed by atoms with Crippen LogP contribution in [0.5, 0.6) is 0 Å². The second kappa shape index (κ2) is 7.00. The van der Waals surface area contributed by atoms with Crippen molar-refractivity contribution in [3.05, 3.63) is 36.0 Å². The van der Waals surface area contributed by atoms with E-state index in [0.717, 1.165) is 43.1 Å². The van der Waals surface area contributed by atoms with Gasteiger partial charge in [0.25, 0.3) is 0 Å². The highest BCUT2D eigenvalue weighted by Crippen LogP contribution is 2.10. The summed E-state index contributed by atoms with van der Waals surface area (Å²) in [5.74, 6) is 0.869. The highest BCUT2D eigenvalue weighted by atomic mass is 15.2. The van der Waals surface area contributed by atoms with Gasteiger partial charge in [0.1, 0.15) is 5.82 Å². The van der Waals surface area contributed by atoms with Crippen LogP contribution in [0.25, 0.3) is 0 Å². The molecule has 20 heavy (non-hydrogen) atoms. The third kappa shape index (κ3) is 4.03. The monoisotopic (exact) mass is 274 g/mol. The van der Waals surface area contributed by atoms with Crippen molar-refractivity contribution in [2.24, 2.45) is 7.05 Å². The number of hydrogen-bond donors (Lipinski definition) is 1. The fourth-order valence-corrected chi connectivity index (χ4v) is 1.94. The van der Waals surface area contributed by atoms with E-state index in [1.807, 2.05) is 38.9 Å². The molecule has 0 fully saturated rings. The first-order chi connectivity index (χ1) is 9.69. The summed E-state index contributed by atoms with van der Waals surface area (Å²) < 4.78 is 1.80. The Morgan fingerprint density at radius 2 is 2.10 bits per heavy atom. The maximum Gasteiger partial charge on any atom is 0.147 e. The molecule has 2 aromatic rings. The first kappa shape index (κ1) is 14.5. The van der Waals surface area contributed by atoms with E-state index in [9.17, 15) is 0 Å². The van der Waals surface area contributed by atoms with E-state index in [1.54, 1.807) is 4.68 Å². The summed E-state index contributed by atoms with van der Waals surface area (Å²) >= 11 is 0. The second-order valence-corrected chi connectivity index (χ2v) is 4.92. The third-order valence-corrected chi connectivity index (χ3v) is 2.99. The summed E-state index contributed by atoms with van der Waals surface area (Å²) in [6.07, 6.45) is 8.65. The lowest BCUT2D eigenvalue weighted by Crippen LogP contribution is -2.19. The number of nitrogens with zero attached hydrogens (tertiary/aromatic N) is 5. The van der Waals surface area contributed by atoms with Gasteiger partial charge in [0.05, 0.1) is 24.3 Å². The first-order valence-electron chi connectivity index (χ1n) is 6.89. The van der Waals surface area contributed by atoms with Gasteiger partial charge in [0.2, 0.25) is 0 Å². The van der Waals surface area contributed by atoms with Crippen molar-refractivity contribution in [3.63, 3.8) is 0 Å². The second-order valence-electron chi connectivity index (χ2n) is 4.92. The first-order valence-corrected chi connectivity index (χ1v) is 6.89. The molecule has 2 heterocycles. The molecule has 0 unspecified atom stereocenters. The molecule has 2 rings (SSSR count). The number of aryl methyl sites for hydroxylation is 1. The van der Waals surface area contributed by atoms with Crippen molar-refractivity contribution in [1.82, 2.24) is 25.1 Å². The van der Waals surface area contributed by atoms with Gasteiger partial charge >= 0.3 is 0 Å². The van der Waals surface area contributed by atoms with Crippen molar-refractivity contribution in [2.75, 3.05) is 18.5 Å². The lowest BCUT2D eigenvalue weighted by atomic mass is 10.3. The molecule has 0 spiro atoms. The molecule has 108 valence electrons. The van der Waals surface area contributed by atoms with Gasteiger partial charge in [-0.15, -0.1) is 0 Å². The number of hydrogen-bond acceptors (Lipinski definition) is 5. The Hall–Kier alpha value is -1.95. The fourth-order valence-electron chi connectivity index (χ4n) is 1.94. The van der Waals surface area contributed by atoms with Crippen molar-refractivity contribution in [3.8, 4) is 0 Å². The van der Waals surface area contributed by atoms with Crippen molar-refractivity contribution in [2.45, 2.75) is 26.4 Å². The Morgan fingerprint density at radius 3 is 2.70 bits per heavy atom. The van der Waals surface area contributed by atoms with Crippen LogP contribution >= 0.6 is 0 Å². The summed E-state index contributed by atoms with van der Waals surface area (Å²) in [5.41, 5.74) is 2.13. The minimum Gasteiger partial charge on any atom is -0.354 e. The summed E-state index contributed by atoms with van der Waals surface area (Å²) in [7, 11) is 3.92. The maximum absolute atomic E-state index is 4.46. The molecular weight excluding hydrogens is 252 g/mol. The maximum atomic E-state index is 4.46. The van der Waals surface area contributed by atoms with Gasteiger partial charge < -0.3 is 10.2 Å². The molecule has 6 nitrogen and oxygen atoms in total. The molecule has 0 amide bonds. The summed E-state index contributed by atoms with van der Waals surface area (Å²) in [6, 6.07) is 0. The molecule has 2 aromatic heterocycles. The molecule has 0 bridgehead atoms. The molecule has 0 aliphatic carbocycles. The molecule has 0 saturated carbocycles. The normalized spacial score (nSPS) is 10.8. The number of nitrogens with one attached hydrogen (secondary N) is 1. The van der Waals surface area contributed by atoms with Crippen LogP contribution in [-0.4, -0.2) is 33.3 Å². The van der Waals surface area contributed by atoms with E-state index < -0.39 is 0 Å². The minimum absolute atomic E-state index is 0.771. The SMILES string of the molecule is CCCNCc1cnc(N(C)Cc2cnn(C)c2)cn1. The topological polar surface area (TPSA) is 58.9 Å². The van der Waals surface area contributed by atoms with E-state index in [4.69, 9.17) is 0 Å². The van der Waals surface area contributed by atoms with E-state index in [2.05, 4.69) is 32.2 Å². The predicted molar refractivity (Wildman–Crippen MR) is 79.3 cm³/mol. The van der Waals surface area contributed by atoms with E-state index >= 15 is 0 Å². The van der Waals surface area contributed by atoms with Crippen LogP contribution < -0.4 is 10.2 Å². The van der Waals surface area contributed by atoms with E-state index in [1.165, 1.54) is 0 Å². The molecule has 0 saturated heterocycles. The van der Waals surface area contributed by atoms with E-state index in [-0.39, 0.29) is 0 Å². The van der Waals surface area contributed by atoms with Gasteiger partial charge in [-0.2, -0.15) is 5.10 Å². The van der Waals surface area contributed by atoms with Gasteiger partial charge in [0, 0.05) is 38.9 Å². The summed E-state index contributed by atoms with van der Waals surface area (Å²) in [6.45, 7) is 4.70. The Morgan fingerprint density at radius 1 is 1.25 bits per heavy atom. The van der Waals surface area contributed by atoms with Crippen LogP contribution in [0.4, 0.5) is 5.82 Å². The zero-order valence-corrected chi connectivity index (χ0v) is 12.4. The average Bonchev–Trinajstić information content (AvgIpc) is 2.85. The highest BCUT2D eigenvalue weighted by Gasteiger charge is 2.06. The highest BCUT2D eigenvalue weighted by molar-refractivity contribution is 5.35. The van der Waals surface area contributed by atoms with Crippen LogP contribution in [-0.2, 0) is 20.1 Å². The molecule has 0 aromatic carbocycles. The summed E-state index contributed by atoms with van der Waals surface area (Å²) in [5, 5.41) is 7.48. The van der Waals surface area contributed by atoms with Gasteiger partial charge in [-0.3, -0.25) is 9.67 Å². The Balaban J connectivity index is 1.91. The van der Waals surface area contributed by atoms with Crippen molar-refractivity contribution < 1.29 is 0 Å². The van der Waals surface area contributed by atoms with E-state index in [0.29, 0.717) is 0 Å². The zero-order chi connectivity index (χ0) is 14.4. The largest absolute Gasteiger partial charge is 0.354 e. The lowest BCUT2D eigenvalue weighted by Gasteiger charge is -2.16. The van der Waals surface area contributed by atoms with Crippen molar-refractivity contribution >= 4 is 5.82 Å². The summed E-state index contributed by atoms with van der Waals surface area (Å²) in [4.78, 5) is 11.0. The van der Waals surface area contributed by atoms with Crippen LogP contribution in [0.3, 0.4) is 0 Å². The lowest BCUT2D eigenvalue weighted by molar-refractivity contribution is 0.661. The van der Waals surface area contributed by atoms with Gasteiger partial charge in [0.15, 0.2) is 0 Å². The fraction of sp³-hybridized carbons (Fsp3) is 0.500. The van der Waals surface area contributed by atoms with Crippen molar-refractivity contribution in [1.29, 1.82) is 0 Å². The van der Waals surface area contributed by atoms with Crippen LogP contribution in [0.2, 0.25) is 0 Å². The number of anilines is 1. The Kier molecular flexibility index (Phi) is 5.06. The molecule has 1 N–H and O–H groups in total. The van der Waals surface area contributed by atoms with Crippen LogP contribution in [0, 0.1) is 0 Å². The molecule has 0 aliphatic heterocycles. The van der Waals surface area contributed by atoms with Gasteiger partial charge in [-0.05, 0) is 13.0 Å². The predicted octanol–water partition coefficient (Wildman–Crippen LogP) is 1.35. The molecule has 6 heteroatoms. The Labute approximate surface area is 119 Å². The molecular formula is C14H22N6. The average molecular weight is 274 g/mol. The molecule has 0 atom stereocenters. The van der Waals surface area contributed by atoms with Crippen LogP contribution in [0.15, 0.2) is 24.8 Å². The zero-order valence-electron chi connectivity index (χ0n) is 12.4.